The number of amides is 1. The molecule has 4 nitrogen and oxygen atoms in total. The normalized spacial score (nSPS) is 12.6. The highest BCUT2D eigenvalue weighted by Crippen LogP contribution is 2.28. The van der Waals surface area contributed by atoms with Crippen LogP contribution in [0.15, 0.2) is 48.5 Å². The largest absolute Gasteiger partial charge is 0.312 e. The van der Waals surface area contributed by atoms with Crippen LogP contribution in [-0.4, -0.2) is 26.1 Å². The molecule has 0 aromatic heterocycles. The van der Waals surface area contributed by atoms with Crippen molar-refractivity contribution in [3.8, 4) is 0 Å². The van der Waals surface area contributed by atoms with Crippen LogP contribution in [0.3, 0.4) is 0 Å². The Kier molecular flexibility index (Phi) is 6.49. The zero-order valence-corrected chi connectivity index (χ0v) is 16.3. The predicted molar refractivity (Wildman–Crippen MR) is 103 cm³/mol. The lowest BCUT2D eigenvalue weighted by Gasteiger charge is -2.24. The summed E-state index contributed by atoms with van der Waals surface area (Å²) in [5, 5.41) is -0.669. The van der Waals surface area contributed by atoms with Gasteiger partial charge < -0.3 is 4.90 Å². The highest BCUT2D eigenvalue weighted by atomic mass is 35.5. The number of hydrogen-bond donors (Lipinski definition) is 0. The van der Waals surface area contributed by atoms with E-state index in [0.29, 0.717) is 17.8 Å². The molecule has 2 aromatic rings. The number of sulfone groups is 1. The average molecular weight is 400 g/mol. The van der Waals surface area contributed by atoms with Gasteiger partial charge in [0.25, 0.3) is 0 Å². The van der Waals surface area contributed by atoms with Gasteiger partial charge in [-0.25, -0.2) is 8.42 Å². The number of benzene rings is 2. The van der Waals surface area contributed by atoms with Crippen molar-refractivity contribution in [3.63, 3.8) is 0 Å². The summed E-state index contributed by atoms with van der Waals surface area (Å²) < 4.78 is 25.5. The molecule has 0 saturated heterocycles. The molecule has 0 saturated carbocycles. The second-order valence-electron chi connectivity index (χ2n) is 5.57. The summed E-state index contributed by atoms with van der Waals surface area (Å²) in [6.07, 6.45) is 0. The lowest BCUT2D eigenvalue weighted by atomic mass is 10.2. The van der Waals surface area contributed by atoms with Crippen molar-refractivity contribution in [2.24, 2.45) is 0 Å². The average Bonchev–Trinajstić information content (AvgIpc) is 2.59. The van der Waals surface area contributed by atoms with Gasteiger partial charge in [-0.05, 0) is 38.1 Å². The molecule has 134 valence electrons. The van der Waals surface area contributed by atoms with E-state index in [9.17, 15) is 13.2 Å². The van der Waals surface area contributed by atoms with E-state index in [1.807, 2.05) is 6.07 Å². The van der Waals surface area contributed by atoms with Gasteiger partial charge in [0.2, 0.25) is 5.91 Å². The SMILES string of the molecule is CCN(C(=O)C(C)S(=O)(=O)Cc1c(Cl)cccc1Cl)c1ccccc1. The fourth-order valence-corrected chi connectivity index (χ4v) is 4.53. The van der Waals surface area contributed by atoms with E-state index >= 15 is 0 Å². The standard InChI is InChI=1S/C18H19Cl2NO3S/c1-3-21(14-8-5-4-6-9-14)18(22)13(2)25(23,24)12-15-16(19)10-7-11-17(15)20/h4-11,13H,3,12H2,1-2H3. The van der Waals surface area contributed by atoms with Gasteiger partial charge in [0, 0.05) is 27.8 Å². The fourth-order valence-electron chi connectivity index (χ4n) is 2.44. The number of nitrogens with zero attached hydrogens (tertiary/aromatic N) is 1. The molecule has 0 radical (unpaired) electrons. The highest BCUT2D eigenvalue weighted by Gasteiger charge is 2.32. The van der Waals surface area contributed by atoms with Crippen molar-refractivity contribution in [3.05, 3.63) is 64.1 Å². The number of halogens is 2. The minimum Gasteiger partial charge on any atom is -0.312 e. The molecule has 1 atom stereocenters. The number of hydrogen-bond acceptors (Lipinski definition) is 3. The highest BCUT2D eigenvalue weighted by molar-refractivity contribution is 7.92. The summed E-state index contributed by atoms with van der Waals surface area (Å²) in [4.78, 5) is 14.2. The number of rotatable bonds is 6. The lowest BCUT2D eigenvalue weighted by molar-refractivity contribution is -0.117. The molecule has 0 heterocycles. The van der Waals surface area contributed by atoms with Gasteiger partial charge in [0.15, 0.2) is 9.84 Å². The van der Waals surface area contributed by atoms with E-state index in [2.05, 4.69) is 0 Å². The Labute approximate surface area is 158 Å². The van der Waals surface area contributed by atoms with Crippen molar-refractivity contribution in [2.75, 3.05) is 11.4 Å². The van der Waals surface area contributed by atoms with Gasteiger partial charge >= 0.3 is 0 Å². The van der Waals surface area contributed by atoms with E-state index in [-0.39, 0.29) is 15.8 Å². The van der Waals surface area contributed by atoms with E-state index in [1.165, 1.54) is 11.8 Å². The summed E-state index contributed by atoms with van der Waals surface area (Å²) in [7, 11) is -3.78. The number of anilines is 1. The van der Waals surface area contributed by atoms with E-state index in [4.69, 9.17) is 23.2 Å². The molecule has 1 unspecified atom stereocenters. The molecular weight excluding hydrogens is 381 g/mol. The molecular formula is C18H19Cl2NO3S. The van der Waals surface area contributed by atoms with E-state index in [1.54, 1.807) is 49.4 Å². The first-order valence-corrected chi connectivity index (χ1v) is 10.3. The molecule has 2 rings (SSSR count). The molecule has 2 aromatic carbocycles. The molecule has 0 N–H and O–H groups in total. The molecule has 0 fully saturated rings. The van der Waals surface area contributed by atoms with Crippen LogP contribution in [0.2, 0.25) is 10.0 Å². The summed E-state index contributed by atoms with van der Waals surface area (Å²) >= 11 is 12.1. The quantitative estimate of drug-likeness (QED) is 0.725. The topological polar surface area (TPSA) is 54.5 Å². The third-order valence-corrected chi connectivity index (χ3v) is 6.62. The first-order chi connectivity index (χ1) is 11.8. The van der Waals surface area contributed by atoms with Crippen LogP contribution < -0.4 is 4.90 Å². The van der Waals surface area contributed by atoms with Crippen LogP contribution >= 0.6 is 23.2 Å². The summed E-state index contributed by atoms with van der Waals surface area (Å²) in [6, 6.07) is 13.8. The number of carbonyl (C=O) groups excluding carboxylic acids is 1. The maximum Gasteiger partial charge on any atom is 0.245 e. The van der Waals surface area contributed by atoms with Gasteiger partial charge in [0.05, 0.1) is 5.75 Å². The third-order valence-electron chi connectivity index (χ3n) is 3.94. The van der Waals surface area contributed by atoms with Gasteiger partial charge in [-0.1, -0.05) is 47.5 Å². The Morgan fingerprint density at radius 2 is 1.60 bits per heavy atom. The Balaban J connectivity index is 2.28. The minimum atomic E-state index is -3.78. The van der Waals surface area contributed by atoms with E-state index in [0.717, 1.165) is 0 Å². The zero-order chi connectivity index (χ0) is 18.6. The first kappa shape index (κ1) is 19.8. The van der Waals surface area contributed by atoms with Crippen LogP contribution in [0.4, 0.5) is 5.69 Å². The molecule has 7 heteroatoms. The van der Waals surface area contributed by atoms with Crippen LogP contribution in [-0.2, 0) is 20.4 Å². The predicted octanol–water partition coefficient (Wildman–Crippen LogP) is 4.35. The maximum atomic E-state index is 12.8. The number of para-hydroxylation sites is 1. The van der Waals surface area contributed by atoms with Crippen LogP contribution in [0.25, 0.3) is 0 Å². The van der Waals surface area contributed by atoms with Gasteiger partial charge in [0.1, 0.15) is 5.25 Å². The van der Waals surface area contributed by atoms with Crippen molar-refractivity contribution < 1.29 is 13.2 Å². The van der Waals surface area contributed by atoms with Gasteiger partial charge in [-0.2, -0.15) is 0 Å². The molecule has 1 amide bonds. The van der Waals surface area contributed by atoms with Crippen LogP contribution in [0, 0.1) is 0 Å². The second kappa shape index (κ2) is 8.21. The van der Waals surface area contributed by atoms with Crippen molar-refractivity contribution in [1.29, 1.82) is 0 Å². The lowest BCUT2D eigenvalue weighted by Crippen LogP contribution is -2.42. The Morgan fingerprint density at radius 3 is 2.12 bits per heavy atom. The van der Waals surface area contributed by atoms with Gasteiger partial charge in [-0.3, -0.25) is 4.79 Å². The first-order valence-electron chi connectivity index (χ1n) is 7.78. The Morgan fingerprint density at radius 1 is 1.04 bits per heavy atom. The monoisotopic (exact) mass is 399 g/mol. The smallest absolute Gasteiger partial charge is 0.245 e. The second-order valence-corrected chi connectivity index (χ2v) is 8.70. The minimum absolute atomic E-state index is 0.270. The summed E-state index contributed by atoms with van der Waals surface area (Å²) in [5.41, 5.74) is 0.973. The Bertz CT molecular complexity index is 834. The summed E-state index contributed by atoms with van der Waals surface area (Å²) in [5.74, 6) is -0.859. The molecule has 25 heavy (non-hydrogen) atoms. The number of carbonyl (C=O) groups is 1. The van der Waals surface area contributed by atoms with Crippen LogP contribution in [0.1, 0.15) is 19.4 Å². The molecule has 0 aliphatic rings. The fraction of sp³-hybridized carbons (Fsp3) is 0.278. The van der Waals surface area contributed by atoms with Crippen molar-refractivity contribution in [1.82, 2.24) is 0 Å². The zero-order valence-electron chi connectivity index (χ0n) is 13.9. The third kappa shape index (κ3) is 4.54. The van der Waals surface area contributed by atoms with Crippen molar-refractivity contribution >= 4 is 44.6 Å². The van der Waals surface area contributed by atoms with Crippen molar-refractivity contribution in [2.45, 2.75) is 24.9 Å². The van der Waals surface area contributed by atoms with E-state index < -0.39 is 21.0 Å². The Hall–Kier alpha value is -1.56. The maximum absolute atomic E-state index is 12.8. The summed E-state index contributed by atoms with van der Waals surface area (Å²) in [6.45, 7) is 3.57. The molecule has 0 spiro atoms. The molecule has 0 bridgehead atoms. The van der Waals surface area contributed by atoms with Crippen LogP contribution in [0.5, 0.6) is 0 Å². The molecule has 0 aliphatic carbocycles. The molecule has 0 aliphatic heterocycles. The van der Waals surface area contributed by atoms with Gasteiger partial charge in [-0.15, -0.1) is 0 Å².